The van der Waals surface area contributed by atoms with E-state index in [0.29, 0.717) is 22.5 Å². The van der Waals surface area contributed by atoms with Crippen molar-refractivity contribution in [2.45, 2.75) is 20.3 Å². The monoisotopic (exact) mass is 343 g/mol. The second-order valence-corrected chi connectivity index (χ2v) is 6.13. The van der Waals surface area contributed by atoms with Gasteiger partial charge >= 0.3 is 0 Å². The van der Waals surface area contributed by atoms with Gasteiger partial charge in [-0.3, -0.25) is 4.79 Å². The molecule has 0 radical (unpaired) electrons. The molecule has 0 aliphatic heterocycles. The molecule has 0 saturated heterocycles. The van der Waals surface area contributed by atoms with Crippen LogP contribution in [0.3, 0.4) is 0 Å². The molecule has 0 aliphatic rings. The van der Waals surface area contributed by atoms with Crippen molar-refractivity contribution >= 4 is 22.4 Å². The van der Waals surface area contributed by atoms with Gasteiger partial charge in [0.25, 0.3) is 0 Å². The third kappa shape index (κ3) is 3.62. The fourth-order valence-electron chi connectivity index (χ4n) is 2.18. The second-order valence-electron chi connectivity index (χ2n) is 5.27. The summed E-state index contributed by atoms with van der Waals surface area (Å²) in [5.74, 6) is 1.72. The minimum Gasteiger partial charge on any atom is -0.497 e. The van der Waals surface area contributed by atoms with Gasteiger partial charge in [0.2, 0.25) is 11.8 Å². The third-order valence-electron chi connectivity index (χ3n) is 3.42. The molecule has 0 atom stereocenters. The van der Waals surface area contributed by atoms with E-state index in [2.05, 4.69) is 15.3 Å². The highest BCUT2D eigenvalue weighted by molar-refractivity contribution is 7.13. The molecule has 0 unspecified atom stereocenters. The van der Waals surface area contributed by atoms with Gasteiger partial charge in [-0.05, 0) is 38.1 Å². The summed E-state index contributed by atoms with van der Waals surface area (Å²) in [5, 5.41) is 5.25. The van der Waals surface area contributed by atoms with Crippen LogP contribution in [0.5, 0.6) is 5.75 Å². The first-order valence-corrected chi connectivity index (χ1v) is 8.26. The number of nitrogens with zero attached hydrogens (tertiary/aromatic N) is 2. The van der Waals surface area contributed by atoms with Gasteiger partial charge in [-0.2, -0.15) is 0 Å². The number of hydrogen-bond donors (Lipinski definition) is 1. The highest BCUT2D eigenvalue weighted by Gasteiger charge is 2.15. The molecule has 0 saturated carbocycles. The van der Waals surface area contributed by atoms with E-state index >= 15 is 0 Å². The minimum absolute atomic E-state index is 0.143. The highest BCUT2D eigenvalue weighted by Crippen LogP contribution is 2.24. The van der Waals surface area contributed by atoms with Crippen LogP contribution in [0.15, 0.2) is 34.1 Å². The Morgan fingerprint density at radius 1 is 1.25 bits per heavy atom. The number of amides is 1. The molecular weight excluding hydrogens is 326 g/mol. The molecule has 2 heterocycles. The van der Waals surface area contributed by atoms with Crippen molar-refractivity contribution in [2.75, 3.05) is 12.4 Å². The summed E-state index contributed by atoms with van der Waals surface area (Å²) in [6.45, 7) is 3.69. The van der Waals surface area contributed by atoms with Crippen molar-refractivity contribution in [2.24, 2.45) is 0 Å². The Balaban J connectivity index is 1.72. The van der Waals surface area contributed by atoms with Crippen molar-refractivity contribution in [3.05, 3.63) is 46.8 Å². The normalized spacial score (nSPS) is 10.6. The van der Waals surface area contributed by atoms with Crippen LogP contribution in [0.2, 0.25) is 0 Å². The third-order valence-corrected chi connectivity index (χ3v) is 4.30. The predicted molar refractivity (Wildman–Crippen MR) is 92.4 cm³/mol. The van der Waals surface area contributed by atoms with Crippen LogP contribution in [0.25, 0.3) is 11.5 Å². The van der Waals surface area contributed by atoms with Gasteiger partial charge in [0.05, 0.1) is 24.9 Å². The lowest BCUT2D eigenvalue weighted by Gasteiger charge is -2.00. The van der Waals surface area contributed by atoms with Crippen molar-refractivity contribution in [1.29, 1.82) is 0 Å². The summed E-state index contributed by atoms with van der Waals surface area (Å²) in [7, 11) is 1.62. The Morgan fingerprint density at radius 3 is 2.62 bits per heavy atom. The zero-order valence-electron chi connectivity index (χ0n) is 13.6. The smallest absolute Gasteiger partial charge is 0.232 e. The zero-order chi connectivity index (χ0) is 17.1. The molecule has 3 aromatic rings. The van der Waals surface area contributed by atoms with Crippen molar-refractivity contribution in [3.8, 4) is 17.2 Å². The summed E-state index contributed by atoms with van der Waals surface area (Å²) in [6.07, 6.45) is 0.143. The van der Waals surface area contributed by atoms with E-state index in [1.165, 1.54) is 11.3 Å². The molecule has 0 fully saturated rings. The molecule has 7 heteroatoms. The molecular formula is C17H17N3O3S. The standard InChI is InChI=1S/C17H17N3O3S/c1-10-9-24-17(18-10)20-15(21)8-14-11(2)23-16(19-14)12-4-6-13(22-3)7-5-12/h4-7,9H,8H2,1-3H3,(H,18,20,21). The number of methoxy groups -OCH3 is 1. The quantitative estimate of drug-likeness (QED) is 0.766. The number of rotatable bonds is 5. The Labute approximate surface area is 143 Å². The molecule has 24 heavy (non-hydrogen) atoms. The summed E-state index contributed by atoms with van der Waals surface area (Å²) >= 11 is 1.40. The van der Waals surface area contributed by atoms with E-state index in [9.17, 15) is 4.79 Å². The Hall–Kier alpha value is -2.67. The lowest BCUT2D eigenvalue weighted by atomic mass is 10.2. The number of benzene rings is 1. The van der Waals surface area contributed by atoms with Crippen LogP contribution in [-0.4, -0.2) is 23.0 Å². The van der Waals surface area contributed by atoms with Gasteiger partial charge in [0, 0.05) is 10.9 Å². The lowest BCUT2D eigenvalue weighted by Crippen LogP contribution is -2.15. The number of oxazole rings is 1. The molecule has 3 rings (SSSR count). The Bertz CT molecular complexity index is 852. The molecule has 124 valence electrons. The van der Waals surface area contributed by atoms with Crippen molar-refractivity contribution < 1.29 is 13.9 Å². The maximum atomic E-state index is 12.1. The maximum Gasteiger partial charge on any atom is 0.232 e. The Morgan fingerprint density at radius 2 is 2.00 bits per heavy atom. The first kappa shape index (κ1) is 16.2. The topological polar surface area (TPSA) is 77.2 Å². The van der Waals surface area contributed by atoms with E-state index in [4.69, 9.17) is 9.15 Å². The van der Waals surface area contributed by atoms with Gasteiger partial charge in [-0.1, -0.05) is 0 Å². The number of aromatic nitrogens is 2. The average molecular weight is 343 g/mol. The predicted octanol–water partition coefficient (Wildman–Crippen LogP) is 3.60. The lowest BCUT2D eigenvalue weighted by molar-refractivity contribution is -0.115. The average Bonchev–Trinajstić information content (AvgIpc) is 3.13. The van der Waals surface area contributed by atoms with Gasteiger partial charge in [0.1, 0.15) is 11.5 Å². The Kier molecular flexibility index (Phi) is 4.61. The van der Waals surface area contributed by atoms with Gasteiger partial charge in [-0.15, -0.1) is 11.3 Å². The van der Waals surface area contributed by atoms with E-state index in [1.54, 1.807) is 14.0 Å². The molecule has 6 nitrogen and oxygen atoms in total. The molecule has 2 aromatic heterocycles. The second kappa shape index (κ2) is 6.84. The number of nitrogens with one attached hydrogen (secondary N) is 1. The summed E-state index contributed by atoms with van der Waals surface area (Å²) < 4.78 is 10.8. The van der Waals surface area contributed by atoms with Crippen LogP contribution in [0.4, 0.5) is 5.13 Å². The summed E-state index contributed by atoms with van der Waals surface area (Å²) in [5.41, 5.74) is 2.34. The largest absolute Gasteiger partial charge is 0.497 e. The van der Waals surface area contributed by atoms with Crippen LogP contribution in [-0.2, 0) is 11.2 Å². The van der Waals surface area contributed by atoms with E-state index in [1.807, 2.05) is 36.6 Å². The number of hydrogen-bond acceptors (Lipinski definition) is 6. The number of ether oxygens (including phenoxy) is 1. The number of thiazole rings is 1. The number of carbonyl (C=O) groups is 1. The molecule has 0 spiro atoms. The number of aryl methyl sites for hydroxylation is 2. The first-order valence-electron chi connectivity index (χ1n) is 7.38. The van der Waals surface area contributed by atoms with Crippen LogP contribution >= 0.6 is 11.3 Å². The van der Waals surface area contributed by atoms with Crippen LogP contribution in [0, 0.1) is 13.8 Å². The van der Waals surface area contributed by atoms with Crippen LogP contribution in [0.1, 0.15) is 17.1 Å². The van der Waals surface area contributed by atoms with Crippen molar-refractivity contribution in [3.63, 3.8) is 0 Å². The number of carbonyl (C=O) groups excluding carboxylic acids is 1. The van der Waals surface area contributed by atoms with Crippen molar-refractivity contribution in [1.82, 2.24) is 9.97 Å². The molecule has 1 amide bonds. The first-order chi connectivity index (χ1) is 11.5. The minimum atomic E-state index is -0.165. The maximum absolute atomic E-state index is 12.1. The van der Waals surface area contributed by atoms with E-state index < -0.39 is 0 Å². The molecule has 1 N–H and O–H groups in total. The van der Waals surface area contributed by atoms with Gasteiger partial charge in [0.15, 0.2) is 5.13 Å². The summed E-state index contributed by atoms with van der Waals surface area (Å²) in [4.78, 5) is 20.8. The number of anilines is 1. The van der Waals surface area contributed by atoms with Gasteiger partial charge < -0.3 is 14.5 Å². The SMILES string of the molecule is COc1ccc(-c2nc(CC(=O)Nc3nc(C)cs3)c(C)o2)cc1. The highest BCUT2D eigenvalue weighted by atomic mass is 32.1. The molecule has 0 bridgehead atoms. The molecule has 1 aromatic carbocycles. The van der Waals surface area contributed by atoms with Crippen LogP contribution < -0.4 is 10.1 Å². The zero-order valence-corrected chi connectivity index (χ0v) is 14.4. The van der Waals surface area contributed by atoms with E-state index in [0.717, 1.165) is 17.0 Å². The van der Waals surface area contributed by atoms with E-state index in [-0.39, 0.29) is 12.3 Å². The fraction of sp³-hybridized carbons (Fsp3) is 0.235. The fourth-order valence-corrected chi connectivity index (χ4v) is 2.88. The van der Waals surface area contributed by atoms with Gasteiger partial charge in [-0.25, -0.2) is 9.97 Å². The molecule has 0 aliphatic carbocycles. The summed E-state index contributed by atoms with van der Waals surface area (Å²) in [6, 6.07) is 7.41.